The molecule has 2 heterocycles. The van der Waals surface area contributed by atoms with E-state index in [0.29, 0.717) is 25.3 Å². The van der Waals surface area contributed by atoms with Gasteiger partial charge in [0.25, 0.3) is 5.91 Å². The van der Waals surface area contributed by atoms with E-state index in [4.69, 9.17) is 5.11 Å². The molecule has 1 amide bonds. The number of hydrogen-bond acceptors (Lipinski definition) is 5. The lowest BCUT2D eigenvalue weighted by molar-refractivity contribution is 0.0771. The topological polar surface area (TPSA) is 81.8 Å². The van der Waals surface area contributed by atoms with Gasteiger partial charge in [0.1, 0.15) is 0 Å². The van der Waals surface area contributed by atoms with Crippen LogP contribution in [0.1, 0.15) is 30.0 Å². The second kappa shape index (κ2) is 8.60. The van der Waals surface area contributed by atoms with Crippen LogP contribution in [0.15, 0.2) is 6.07 Å². The molecule has 0 saturated carbocycles. The fourth-order valence-electron chi connectivity index (χ4n) is 3.47. The molecule has 2 atom stereocenters. The first-order valence-corrected chi connectivity index (χ1v) is 8.81. The Morgan fingerprint density at radius 1 is 1.33 bits per heavy atom. The van der Waals surface area contributed by atoms with E-state index >= 15 is 0 Å². The maximum atomic E-state index is 12.7. The maximum absolute atomic E-state index is 12.7. The minimum absolute atomic E-state index is 0.0588. The number of carbonyl (C=O) groups is 1. The molecule has 2 N–H and O–H groups in total. The largest absolute Gasteiger partial charge is 0.396 e. The Labute approximate surface area is 143 Å². The molecule has 0 aliphatic carbocycles. The van der Waals surface area contributed by atoms with Crippen molar-refractivity contribution in [2.24, 2.45) is 11.8 Å². The van der Waals surface area contributed by atoms with Crippen molar-refractivity contribution in [1.82, 2.24) is 19.6 Å². The lowest BCUT2D eigenvalue weighted by Gasteiger charge is -2.25. The summed E-state index contributed by atoms with van der Waals surface area (Å²) in [5, 5.41) is 23.2. The summed E-state index contributed by atoms with van der Waals surface area (Å²) in [6.07, 6.45) is 0. The van der Waals surface area contributed by atoms with Crippen LogP contribution in [0.25, 0.3) is 0 Å². The van der Waals surface area contributed by atoms with Crippen LogP contribution < -0.4 is 0 Å². The summed E-state index contributed by atoms with van der Waals surface area (Å²) in [5.74, 6) is 0.243. The highest BCUT2D eigenvalue weighted by atomic mass is 16.3. The number of aliphatic hydroxyl groups is 2. The molecule has 1 aromatic rings. The minimum Gasteiger partial charge on any atom is -0.396 e. The summed E-state index contributed by atoms with van der Waals surface area (Å²) in [4.78, 5) is 16.7. The molecule has 0 aromatic carbocycles. The molecule has 2 rings (SSSR count). The van der Waals surface area contributed by atoms with Crippen molar-refractivity contribution in [3.8, 4) is 0 Å². The van der Waals surface area contributed by atoms with Crippen molar-refractivity contribution in [3.63, 3.8) is 0 Å². The van der Waals surface area contributed by atoms with Crippen LogP contribution in [-0.2, 0) is 6.54 Å². The average Bonchev–Trinajstić information content (AvgIpc) is 3.16. The molecule has 136 valence electrons. The summed E-state index contributed by atoms with van der Waals surface area (Å²) in [6, 6.07) is 1.83. The van der Waals surface area contributed by atoms with E-state index < -0.39 is 0 Å². The molecular formula is C17H30N4O3. The van der Waals surface area contributed by atoms with Gasteiger partial charge in [-0.15, -0.1) is 0 Å². The number of aromatic nitrogens is 2. The van der Waals surface area contributed by atoms with Crippen LogP contribution in [-0.4, -0.2) is 81.6 Å². The van der Waals surface area contributed by atoms with Crippen LogP contribution in [0, 0.1) is 18.8 Å². The monoisotopic (exact) mass is 338 g/mol. The first-order chi connectivity index (χ1) is 11.5. The van der Waals surface area contributed by atoms with E-state index in [-0.39, 0.29) is 31.0 Å². The SMILES string of the molecule is CCN(CCO)C[C@@H]1CN(C(=O)c2cc(C)n(CC)n2)C[C@@H]1CO. The zero-order valence-corrected chi connectivity index (χ0v) is 15.0. The number of likely N-dealkylation sites (N-methyl/N-ethyl adjacent to an activating group) is 1. The number of carbonyl (C=O) groups excluding carboxylic acids is 1. The van der Waals surface area contributed by atoms with Gasteiger partial charge in [0.2, 0.25) is 0 Å². The first kappa shape index (κ1) is 18.9. The van der Waals surface area contributed by atoms with Crippen molar-refractivity contribution < 1.29 is 15.0 Å². The van der Waals surface area contributed by atoms with Gasteiger partial charge in [0.15, 0.2) is 5.69 Å². The smallest absolute Gasteiger partial charge is 0.274 e. The zero-order valence-electron chi connectivity index (χ0n) is 15.0. The molecule has 0 bridgehead atoms. The first-order valence-electron chi connectivity index (χ1n) is 8.81. The predicted octanol–water partition coefficient (Wildman–Crippen LogP) is 0.206. The minimum atomic E-state index is -0.0588. The Hall–Kier alpha value is -1.44. The normalized spacial score (nSPS) is 21.0. The molecule has 0 spiro atoms. The number of aryl methyl sites for hydroxylation is 2. The van der Waals surface area contributed by atoms with Crippen LogP contribution in [0.2, 0.25) is 0 Å². The van der Waals surface area contributed by atoms with Crippen molar-refractivity contribution >= 4 is 5.91 Å². The highest BCUT2D eigenvalue weighted by Gasteiger charge is 2.36. The highest BCUT2D eigenvalue weighted by molar-refractivity contribution is 5.92. The number of likely N-dealkylation sites (tertiary alicyclic amines) is 1. The second-order valence-electron chi connectivity index (χ2n) is 6.52. The van der Waals surface area contributed by atoms with E-state index in [1.54, 1.807) is 4.90 Å². The third-order valence-corrected chi connectivity index (χ3v) is 4.95. The van der Waals surface area contributed by atoms with Gasteiger partial charge in [-0.2, -0.15) is 5.10 Å². The Bertz CT molecular complexity index is 546. The molecular weight excluding hydrogens is 308 g/mol. The molecule has 1 aliphatic heterocycles. The maximum Gasteiger partial charge on any atom is 0.274 e. The molecule has 24 heavy (non-hydrogen) atoms. The second-order valence-corrected chi connectivity index (χ2v) is 6.52. The van der Waals surface area contributed by atoms with Crippen molar-refractivity contribution in [3.05, 3.63) is 17.5 Å². The number of hydrogen-bond donors (Lipinski definition) is 2. The third kappa shape index (κ3) is 4.15. The molecule has 7 heteroatoms. The number of amides is 1. The predicted molar refractivity (Wildman–Crippen MR) is 91.8 cm³/mol. The quantitative estimate of drug-likeness (QED) is 0.708. The number of nitrogens with zero attached hydrogens (tertiary/aromatic N) is 4. The fourth-order valence-corrected chi connectivity index (χ4v) is 3.47. The van der Waals surface area contributed by atoms with E-state index in [0.717, 1.165) is 25.3 Å². The molecule has 1 aliphatic rings. The molecule has 1 saturated heterocycles. The molecule has 0 unspecified atom stereocenters. The van der Waals surface area contributed by atoms with Gasteiger partial charge in [-0.25, -0.2) is 0 Å². The summed E-state index contributed by atoms with van der Waals surface area (Å²) in [5.41, 5.74) is 1.46. The van der Waals surface area contributed by atoms with Gasteiger partial charge >= 0.3 is 0 Å². The highest BCUT2D eigenvalue weighted by Crippen LogP contribution is 2.25. The Kier molecular flexibility index (Phi) is 6.77. The van der Waals surface area contributed by atoms with Gasteiger partial charge in [0, 0.05) is 50.9 Å². The van der Waals surface area contributed by atoms with E-state index in [1.165, 1.54) is 0 Å². The van der Waals surface area contributed by atoms with E-state index in [9.17, 15) is 9.90 Å². The van der Waals surface area contributed by atoms with Crippen molar-refractivity contribution in [2.45, 2.75) is 27.3 Å². The van der Waals surface area contributed by atoms with Gasteiger partial charge in [0.05, 0.1) is 6.61 Å². The average molecular weight is 338 g/mol. The fraction of sp³-hybridized carbons (Fsp3) is 0.765. The van der Waals surface area contributed by atoms with Gasteiger partial charge in [-0.3, -0.25) is 9.48 Å². The van der Waals surface area contributed by atoms with Crippen molar-refractivity contribution in [2.75, 3.05) is 45.9 Å². The third-order valence-electron chi connectivity index (χ3n) is 4.95. The molecule has 0 radical (unpaired) electrons. The standard InChI is InChI=1S/C17H30N4O3/c1-4-19(6-7-22)9-14-10-20(11-15(14)12-23)17(24)16-8-13(3)21(5-2)18-16/h8,14-15,22-23H,4-7,9-12H2,1-3H3/t14-,15-/m1/s1. The van der Waals surface area contributed by atoms with Crippen LogP contribution in [0.4, 0.5) is 0 Å². The Balaban J connectivity index is 2.05. The van der Waals surface area contributed by atoms with Gasteiger partial charge in [-0.1, -0.05) is 6.92 Å². The summed E-state index contributed by atoms with van der Waals surface area (Å²) in [7, 11) is 0. The van der Waals surface area contributed by atoms with Gasteiger partial charge in [-0.05, 0) is 32.4 Å². The summed E-state index contributed by atoms with van der Waals surface area (Å²) < 4.78 is 1.82. The zero-order chi connectivity index (χ0) is 17.7. The van der Waals surface area contributed by atoms with E-state index in [1.807, 2.05) is 24.6 Å². The van der Waals surface area contributed by atoms with Crippen molar-refractivity contribution in [1.29, 1.82) is 0 Å². The molecule has 1 fully saturated rings. The molecule has 7 nitrogen and oxygen atoms in total. The molecule has 1 aromatic heterocycles. The summed E-state index contributed by atoms with van der Waals surface area (Å²) >= 11 is 0. The number of rotatable bonds is 8. The van der Waals surface area contributed by atoms with Crippen LogP contribution >= 0.6 is 0 Å². The Morgan fingerprint density at radius 3 is 2.58 bits per heavy atom. The Morgan fingerprint density at radius 2 is 2.04 bits per heavy atom. The lowest BCUT2D eigenvalue weighted by atomic mass is 9.96. The lowest BCUT2D eigenvalue weighted by Crippen LogP contribution is -2.36. The van der Waals surface area contributed by atoms with Gasteiger partial charge < -0.3 is 20.0 Å². The summed E-state index contributed by atoms with van der Waals surface area (Å²) in [6.45, 7) is 10.4. The number of aliphatic hydroxyl groups excluding tert-OH is 2. The van der Waals surface area contributed by atoms with Crippen LogP contribution in [0.3, 0.4) is 0 Å². The van der Waals surface area contributed by atoms with E-state index in [2.05, 4.69) is 16.9 Å². The van der Waals surface area contributed by atoms with Crippen LogP contribution in [0.5, 0.6) is 0 Å².